The summed E-state index contributed by atoms with van der Waals surface area (Å²) < 4.78 is 13.9. The minimum atomic E-state index is -0.114. The summed E-state index contributed by atoms with van der Waals surface area (Å²) in [7, 11) is 1.92. The summed E-state index contributed by atoms with van der Waals surface area (Å²) in [6, 6.07) is 4.44. The van der Waals surface area contributed by atoms with Crippen LogP contribution in [0, 0.1) is 12.7 Å². The van der Waals surface area contributed by atoms with Crippen LogP contribution in [-0.4, -0.2) is 44.2 Å². The molecule has 0 aromatic heterocycles. The maximum Gasteiger partial charge on any atom is 0.126 e. The van der Waals surface area contributed by atoms with Gasteiger partial charge in [-0.3, -0.25) is 4.90 Å². The van der Waals surface area contributed by atoms with Crippen LogP contribution in [0.5, 0.6) is 0 Å². The van der Waals surface area contributed by atoms with Gasteiger partial charge in [-0.05, 0) is 58.0 Å². The third kappa shape index (κ3) is 3.55. The number of halogens is 1. The Kier molecular flexibility index (Phi) is 5.22. The molecule has 1 aromatic carbocycles. The largest absolute Gasteiger partial charge is 0.369 e. The van der Waals surface area contributed by atoms with Gasteiger partial charge in [-0.2, -0.15) is 0 Å². The zero-order chi connectivity index (χ0) is 15.6. The van der Waals surface area contributed by atoms with Crippen LogP contribution < -0.4 is 10.2 Å². The van der Waals surface area contributed by atoms with Gasteiger partial charge in [-0.25, -0.2) is 4.39 Å². The molecule has 1 aliphatic heterocycles. The lowest BCUT2D eigenvalue weighted by Gasteiger charge is -2.39. The van der Waals surface area contributed by atoms with Crippen LogP contribution in [-0.2, 0) is 0 Å². The second kappa shape index (κ2) is 6.75. The molecule has 1 aliphatic rings. The molecule has 1 aromatic rings. The molecule has 0 bridgehead atoms. The van der Waals surface area contributed by atoms with E-state index in [0.29, 0.717) is 6.04 Å². The summed E-state index contributed by atoms with van der Waals surface area (Å²) in [5.41, 5.74) is 2.96. The Morgan fingerprint density at radius 2 is 1.71 bits per heavy atom. The van der Waals surface area contributed by atoms with Crippen LogP contribution in [0.15, 0.2) is 12.1 Å². The molecule has 0 amide bonds. The molecule has 2 rings (SSSR count). The molecule has 0 saturated carbocycles. The molecule has 118 valence electrons. The van der Waals surface area contributed by atoms with Crippen LogP contribution >= 0.6 is 0 Å². The monoisotopic (exact) mass is 293 g/mol. The van der Waals surface area contributed by atoms with Gasteiger partial charge in [-0.15, -0.1) is 0 Å². The maximum atomic E-state index is 13.9. The van der Waals surface area contributed by atoms with E-state index in [4.69, 9.17) is 0 Å². The van der Waals surface area contributed by atoms with Crippen molar-refractivity contribution in [3.05, 3.63) is 29.1 Å². The number of aryl methyl sites for hydroxylation is 1. The highest BCUT2D eigenvalue weighted by atomic mass is 19.1. The van der Waals surface area contributed by atoms with Crippen molar-refractivity contribution in [2.75, 3.05) is 38.1 Å². The molecule has 4 heteroatoms. The SMILES string of the molecule is CNC(C)c1cc(F)c(C)cc1N1CCN(C(C)C)CC1. The second-order valence-electron chi connectivity index (χ2n) is 6.29. The number of nitrogens with zero attached hydrogens (tertiary/aromatic N) is 2. The third-order valence-electron chi connectivity index (χ3n) is 4.59. The van der Waals surface area contributed by atoms with E-state index in [-0.39, 0.29) is 11.9 Å². The Morgan fingerprint density at radius 3 is 2.24 bits per heavy atom. The van der Waals surface area contributed by atoms with Gasteiger partial charge in [0.2, 0.25) is 0 Å². The van der Waals surface area contributed by atoms with Crippen LogP contribution in [0.2, 0.25) is 0 Å². The van der Waals surface area contributed by atoms with Crippen molar-refractivity contribution in [1.82, 2.24) is 10.2 Å². The van der Waals surface area contributed by atoms with Crippen molar-refractivity contribution in [3.8, 4) is 0 Å². The molecule has 1 atom stereocenters. The number of hydrogen-bond donors (Lipinski definition) is 1. The van der Waals surface area contributed by atoms with E-state index in [0.717, 1.165) is 37.3 Å². The minimum Gasteiger partial charge on any atom is -0.369 e. The van der Waals surface area contributed by atoms with Crippen molar-refractivity contribution in [2.24, 2.45) is 0 Å². The van der Waals surface area contributed by atoms with Crippen LogP contribution in [0.3, 0.4) is 0 Å². The van der Waals surface area contributed by atoms with E-state index in [1.54, 1.807) is 6.07 Å². The van der Waals surface area contributed by atoms with Crippen LogP contribution in [0.1, 0.15) is 37.9 Å². The fourth-order valence-corrected chi connectivity index (χ4v) is 2.94. The smallest absolute Gasteiger partial charge is 0.126 e. The first kappa shape index (κ1) is 16.2. The summed E-state index contributed by atoms with van der Waals surface area (Å²) in [5.74, 6) is -0.114. The topological polar surface area (TPSA) is 18.5 Å². The molecule has 0 radical (unpaired) electrons. The van der Waals surface area contributed by atoms with Gasteiger partial charge in [0.1, 0.15) is 5.82 Å². The Bertz CT molecular complexity index is 479. The summed E-state index contributed by atoms with van der Waals surface area (Å²) >= 11 is 0. The highest BCUT2D eigenvalue weighted by Crippen LogP contribution is 2.30. The molecule has 1 unspecified atom stereocenters. The summed E-state index contributed by atoms with van der Waals surface area (Å²) in [6.45, 7) is 12.6. The van der Waals surface area contributed by atoms with Crippen molar-refractivity contribution in [1.29, 1.82) is 0 Å². The highest BCUT2D eigenvalue weighted by molar-refractivity contribution is 5.57. The molecule has 0 spiro atoms. The molecule has 1 fully saturated rings. The Morgan fingerprint density at radius 1 is 1.10 bits per heavy atom. The fraction of sp³-hybridized carbons (Fsp3) is 0.647. The van der Waals surface area contributed by atoms with Gasteiger partial charge in [0.25, 0.3) is 0 Å². The minimum absolute atomic E-state index is 0.114. The lowest BCUT2D eigenvalue weighted by molar-refractivity contribution is 0.209. The van der Waals surface area contributed by atoms with Gasteiger partial charge in [-0.1, -0.05) is 0 Å². The quantitative estimate of drug-likeness (QED) is 0.921. The molecule has 1 saturated heterocycles. The van der Waals surface area contributed by atoms with Crippen LogP contribution in [0.25, 0.3) is 0 Å². The molecular formula is C17H28FN3. The number of hydrogen-bond acceptors (Lipinski definition) is 3. The molecule has 1 heterocycles. The Hall–Kier alpha value is -1.13. The zero-order valence-electron chi connectivity index (χ0n) is 13.9. The molecule has 1 N–H and O–H groups in total. The van der Waals surface area contributed by atoms with E-state index in [1.807, 2.05) is 20.0 Å². The van der Waals surface area contributed by atoms with E-state index in [2.05, 4.69) is 35.9 Å². The van der Waals surface area contributed by atoms with Crippen molar-refractivity contribution < 1.29 is 4.39 Å². The third-order valence-corrected chi connectivity index (χ3v) is 4.59. The molecule has 0 aliphatic carbocycles. The van der Waals surface area contributed by atoms with Crippen molar-refractivity contribution in [3.63, 3.8) is 0 Å². The predicted octanol–water partition coefficient (Wildman–Crippen LogP) is 2.94. The van der Waals surface area contributed by atoms with Gasteiger partial charge in [0.15, 0.2) is 0 Å². The number of rotatable bonds is 4. The summed E-state index contributed by atoms with van der Waals surface area (Å²) in [6.07, 6.45) is 0. The van der Waals surface area contributed by atoms with E-state index in [1.165, 1.54) is 5.69 Å². The average Bonchev–Trinajstić information content (AvgIpc) is 2.48. The van der Waals surface area contributed by atoms with Gasteiger partial charge in [0, 0.05) is 44.0 Å². The van der Waals surface area contributed by atoms with Gasteiger partial charge < -0.3 is 10.2 Å². The maximum absolute atomic E-state index is 13.9. The Balaban J connectivity index is 2.25. The molecular weight excluding hydrogens is 265 g/mol. The lowest BCUT2D eigenvalue weighted by Crippen LogP contribution is -2.49. The Labute approximate surface area is 128 Å². The van der Waals surface area contributed by atoms with E-state index >= 15 is 0 Å². The van der Waals surface area contributed by atoms with Crippen LogP contribution in [0.4, 0.5) is 10.1 Å². The highest BCUT2D eigenvalue weighted by Gasteiger charge is 2.22. The molecule has 21 heavy (non-hydrogen) atoms. The lowest BCUT2D eigenvalue weighted by atomic mass is 10.0. The normalized spacial score (nSPS) is 18.3. The first-order valence-electron chi connectivity index (χ1n) is 7.90. The summed E-state index contributed by atoms with van der Waals surface area (Å²) in [5, 5.41) is 3.23. The first-order valence-corrected chi connectivity index (χ1v) is 7.90. The van der Waals surface area contributed by atoms with Crippen molar-refractivity contribution >= 4 is 5.69 Å². The standard InChI is InChI=1S/C17H28FN3/c1-12(2)20-6-8-21(9-7-20)17-10-13(3)16(18)11-15(17)14(4)19-5/h10-12,14,19H,6-9H2,1-5H3. The van der Waals surface area contributed by atoms with E-state index in [9.17, 15) is 4.39 Å². The van der Waals surface area contributed by atoms with E-state index < -0.39 is 0 Å². The van der Waals surface area contributed by atoms with Gasteiger partial charge >= 0.3 is 0 Å². The van der Waals surface area contributed by atoms with Crippen molar-refractivity contribution in [2.45, 2.75) is 39.8 Å². The van der Waals surface area contributed by atoms with Gasteiger partial charge in [0.05, 0.1) is 0 Å². The predicted molar refractivity (Wildman–Crippen MR) is 87.5 cm³/mol. The molecule has 3 nitrogen and oxygen atoms in total. The second-order valence-corrected chi connectivity index (χ2v) is 6.29. The average molecular weight is 293 g/mol. The summed E-state index contributed by atoms with van der Waals surface area (Å²) in [4.78, 5) is 4.89. The number of benzene rings is 1. The number of piperazine rings is 1. The zero-order valence-corrected chi connectivity index (χ0v) is 13.9. The number of nitrogens with one attached hydrogen (secondary N) is 1. The fourth-order valence-electron chi connectivity index (χ4n) is 2.94. The number of anilines is 1. The first-order chi connectivity index (χ1) is 9.93.